The van der Waals surface area contributed by atoms with Crippen LogP contribution in [-0.2, 0) is 10.0 Å². The first kappa shape index (κ1) is 14.9. The summed E-state index contributed by atoms with van der Waals surface area (Å²) >= 11 is 0. The summed E-state index contributed by atoms with van der Waals surface area (Å²) in [5, 5.41) is 3.29. The lowest BCUT2D eigenvalue weighted by atomic mass is 10.1. The van der Waals surface area contributed by atoms with Gasteiger partial charge < -0.3 is 5.32 Å². The van der Waals surface area contributed by atoms with Gasteiger partial charge in [-0.05, 0) is 37.8 Å². The average Bonchev–Trinajstić information content (AvgIpc) is 2.78. The van der Waals surface area contributed by atoms with Gasteiger partial charge in [0.2, 0.25) is 10.0 Å². The fraction of sp³-hybridized carbons (Fsp3) is 1.00. The highest BCUT2D eigenvalue weighted by Gasteiger charge is 2.18. The summed E-state index contributed by atoms with van der Waals surface area (Å²) in [6.07, 6.45) is 4.00. The van der Waals surface area contributed by atoms with Crippen LogP contribution in [0.5, 0.6) is 0 Å². The standard InChI is InChI=1S/C12H26N2O2S/c1-3-11(4-2)10-17(15,16)14-8-6-12-5-7-13-9-12/h11-14H,3-10H2,1-2H3. The molecule has 102 valence electrons. The van der Waals surface area contributed by atoms with Crippen LogP contribution >= 0.6 is 0 Å². The summed E-state index contributed by atoms with van der Waals surface area (Å²) < 4.78 is 26.3. The van der Waals surface area contributed by atoms with Gasteiger partial charge in [-0.1, -0.05) is 26.7 Å². The van der Waals surface area contributed by atoms with Gasteiger partial charge >= 0.3 is 0 Å². The molecule has 1 atom stereocenters. The molecule has 0 aromatic carbocycles. The van der Waals surface area contributed by atoms with Gasteiger partial charge in [-0.2, -0.15) is 0 Å². The molecule has 0 amide bonds. The molecule has 0 bridgehead atoms. The van der Waals surface area contributed by atoms with E-state index in [-0.39, 0.29) is 5.75 Å². The minimum Gasteiger partial charge on any atom is -0.316 e. The van der Waals surface area contributed by atoms with Crippen LogP contribution in [0.4, 0.5) is 0 Å². The Labute approximate surface area is 106 Å². The van der Waals surface area contributed by atoms with Crippen molar-refractivity contribution in [1.29, 1.82) is 0 Å². The maximum absolute atomic E-state index is 11.8. The van der Waals surface area contributed by atoms with Crippen molar-refractivity contribution in [3.8, 4) is 0 Å². The summed E-state index contributed by atoms with van der Waals surface area (Å²) in [5.74, 6) is 1.22. The predicted octanol–water partition coefficient (Wildman–Crippen LogP) is 1.34. The summed E-state index contributed by atoms with van der Waals surface area (Å²) in [6, 6.07) is 0. The fourth-order valence-electron chi connectivity index (χ4n) is 2.27. The lowest BCUT2D eigenvalue weighted by Crippen LogP contribution is -2.31. The number of hydrogen-bond acceptors (Lipinski definition) is 3. The second-order valence-electron chi connectivity index (χ2n) is 5.01. The molecule has 0 aliphatic carbocycles. The first-order valence-corrected chi connectivity index (χ1v) is 8.40. The summed E-state index contributed by atoms with van der Waals surface area (Å²) in [4.78, 5) is 0. The molecule has 4 nitrogen and oxygen atoms in total. The van der Waals surface area contributed by atoms with Crippen LogP contribution in [0, 0.1) is 11.8 Å². The van der Waals surface area contributed by atoms with E-state index >= 15 is 0 Å². The number of rotatable bonds is 8. The molecule has 1 rings (SSSR count). The molecular weight excluding hydrogens is 236 g/mol. The fourth-order valence-corrected chi connectivity index (χ4v) is 3.91. The second-order valence-corrected chi connectivity index (χ2v) is 6.86. The molecule has 0 aromatic heterocycles. The highest BCUT2D eigenvalue weighted by atomic mass is 32.2. The third-order valence-corrected chi connectivity index (χ3v) is 5.20. The van der Waals surface area contributed by atoms with E-state index in [1.807, 2.05) is 13.8 Å². The van der Waals surface area contributed by atoms with E-state index in [1.54, 1.807) is 0 Å². The monoisotopic (exact) mass is 262 g/mol. The van der Waals surface area contributed by atoms with Crippen molar-refractivity contribution in [1.82, 2.24) is 10.0 Å². The molecule has 1 fully saturated rings. The molecule has 0 aromatic rings. The molecule has 5 heteroatoms. The van der Waals surface area contributed by atoms with Gasteiger partial charge in [0.25, 0.3) is 0 Å². The quantitative estimate of drug-likeness (QED) is 0.694. The van der Waals surface area contributed by atoms with Gasteiger partial charge in [0.15, 0.2) is 0 Å². The molecular formula is C12H26N2O2S. The minimum atomic E-state index is -3.07. The van der Waals surface area contributed by atoms with E-state index in [4.69, 9.17) is 0 Å². The Hall–Kier alpha value is -0.130. The van der Waals surface area contributed by atoms with Crippen molar-refractivity contribution in [2.24, 2.45) is 11.8 Å². The maximum Gasteiger partial charge on any atom is 0.211 e. The van der Waals surface area contributed by atoms with Crippen LogP contribution in [0.15, 0.2) is 0 Å². The lowest BCUT2D eigenvalue weighted by Gasteiger charge is -2.14. The Bertz CT molecular complexity index is 294. The van der Waals surface area contributed by atoms with Crippen LogP contribution in [-0.4, -0.2) is 33.8 Å². The number of nitrogens with one attached hydrogen (secondary N) is 2. The summed E-state index contributed by atoms with van der Waals surface area (Å²) in [7, 11) is -3.07. The smallest absolute Gasteiger partial charge is 0.211 e. The van der Waals surface area contributed by atoms with E-state index in [0.29, 0.717) is 18.4 Å². The molecule has 17 heavy (non-hydrogen) atoms. The van der Waals surface area contributed by atoms with Gasteiger partial charge in [-0.3, -0.25) is 0 Å². The summed E-state index contributed by atoms with van der Waals surface area (Å²) in [5.41, 5.74) is 0. The SMILES string of the molecule is CCC(CC)CS(=O)(=O)NCCC1CCNC1. The van der Waals surface area contributed by atoms with Crippen molar-refractivity contribution in [2.75, 3.05) is 25.4 Å². The highest BCUT2D eigenvalue weighted by molar-refractivity contribution is 7.89. The van der Waals surface area contributed by atoms with Crippen molar-refractivity contribution in [3.05, 3.63) is 0 Å². The molecule has 1 unspecified atom stereocenters. The van der Waals surface area contributed by atoms with Crippen LogP contribution in [0.25, 0.3) is 0 Å². The normalized spacial score (nSPS) is 21.2. The zero-order valence-electron chi connectivity index (χ0n) is 11.0. The van der Waals surface area contributed by atoms with Crippen molar-refractivity contribution in [2.45, 2.75) is 39.5 Å². The van der Waals surface area contributed by atoms with E-state index in [1.165, 1.54) is 6.42 Å². The van der Waals surface area contributed by atoms with Crippen molar-refractivity contribution in [3.63, 3.8) is 0 Å². The number of sulfonamides is 1. The van der Waals surface area contributed by atoms with Gasteiger partial charge in [-0.25, -0.2) is 13.1 Å². The van der Waals surface area contributed by atoms with E-state index in [2.05, 4.69) is 10.0 Å². The Kier molecular flexibility index (Phi) is 6.44. The van der Waals surface area contributed by atoms with Gasteiger partial charge in [-0.15, -0.1) is 0 Å². The van der Waals surface area contributed by atoms with Crippen LogP contribution < -0.4 is 10.0 Å². The van der Waals surface area contributed by atoms with Crippen molar-refractivity contribution < 1.29 is 8.42 Å². The molecule has 1 aliphatic heterocycles. The Morgan fingerprint density at radius 1 is 1.35 bits per heavy atom. The molecule has 1 heterocycles. The highest BCUT2D eigenvalue weighted by Crippen LogP contribution is 2.12. The first-order valence-electron chi connectivity index (χ1n) is 6.75. The Balaban J connectivity index is 2.23. The molecule has 1 saturated heterocycles. The second kappa shape index (κ2) is 7.34. The zero-order chi connectivity index (χ0) is 12.7. The average molecular weight is 262 g/mol. The van der Waals surface area contributed by atoms with Crippen LogP contribution in [0.1, 0.15) is 39.5 Å². The van der Waals surface area contributed by atoms with Gasteiger partial charge in [0.1, 0.15) is 0 Å². The third-order valence-electron chi connectivity index (χ3n) is 3.65. The van der Waals surface area contributed by atoms with Gasteiger partial charge in [0.05, 0.1) is 5.75 Å². The summed E-state index contributed by atoms with van der Waals surface area (Å²) in [6.45, 7) is 6.80. The topological polar surface area (TPSA) is 58.2 Å². The Morgan fingerprint density at radius 3 is 2.59 bits per heavy atom. The molecule has 0 spiro atoms. The number of hydrogen-bond donors (Lipinski definition) is 2. The first-order chi connectivity index (χ1) is 8.07. The lowest BCUT2D eigenvalue weighted by molar-refractivity contribution is 0.501. The van der Waals surface area contributed by atoms with Crippen LogP contribution in [0.2, 0.25) is 0 Å². The third kappa shape index (κ3) is 5.84. The maximum atomic E-state index is 11.8. The van der Waals surface area contributed by atoms with Gasteiger partial charge in [0, 0.05) is 6.54 Å². The molecule has 0 radical (unpaired) electrons. The Morgan fingerprint density at radius 2 is 2.06 bits per heavy atom. The molecule has 2 N–H and O–H groups in total. The van der Waals surface area contributed by atoms with E-state index < -0.39 is 10.0 Å². The molecule has 0 saturated carbocycles. The predicted molar refractivity (Wildman–Crippen MR) is 71.5 cm³/mol. The zero-order valence-corrected chi connectivity index (χ0v) is 11.9. The minimum absolute atomic E-state index is 0.281. The molecule has 1 aliphatic rings. The van der Waals surface area contributed by atoms with Crippen LogP contribution in [0.3, 0.4) is 0 Å². The van der Waals surface area contributed by atoms with E-state index in [9.17, 15) is 8.42 Å². The van der Waals surface area contributed by atoms with E-state index in [0.717, 1.165) is 32.4 Å². The largest absolute Gasteiger partial charge is 0.316 e. The van der Waals surface area contributed by atoms with Crippen molar-refractivity contribution >= 4 is 10.0 Å².